The van der Waals surface area contributed by atoms with Gasteiger partial charge in [0.2, 0.25) is 0 Å². The van der Waals surface area contributed by atoms with E-state index in [1.54, 1.807) is 6.20 Å². The van der Waals surface area contributed by atoms with Crippen LogP contribution < -0.4 is 0 Å². The largest absolute Gasteiger partial charge is 0.481 e. The first-order valence-corrected chi connectivity index (χ1v) is 4.91. The molecule has 1 aliphatic rings. The molecule has 1 heterocycles. The van der Waals surface area contributed by atoms with Crippen LogP contribution in [-0.4, -0.2) is 20.9 Å². The highest BCUT2D eigenvalue weighted by molar-refractivity contribution is 5.70. The van der Waals surface area contributed by atoms with Crippen LogP contribution in [0.5, 0.6) is 0 Å². The van der Waals surface area contributed by atoms with Crippen molar-refractivity contribution < 1.29 is 9.90 Å². The second-order valence-electron chi connectivity index (χ2n) is 3.88. The van der Waals surface area contributed by atoms with E-state index in [0.29, 0.717) is 5.92 Å². The minimum Gasteiger partial charge on any atom is -0.481 e. The highest BCUT2D eigenvalue weighted by atomic mass is 16.4. The molecule has 0 atom stereocenters. The monoisotopic (exact) mass is 194 g/mol. The molecule has 1 saturated carbocycles. The zero-order chi connectivity index (χ0) is 10.1. The van der Waals surface area contributed by atoms with Gasteiger partial charge in [0, 0.05) is 24.2 Å². The molecule has 1 fully saturated rings. The summed E-state index contributed by atoms with van der Waals surface area (Å²) in [5.74, 6) is -0.240. The Hall–Kier alpha value is -1.32. The molecule has 0 spiro atoms. The Kier molecular flexibility index (Phi) is 2.27. The van der Waals surface area contributed by atoms with Crippen LogP contribution in [0.1, 0.15) is 36.4 Å². The van der Waals surface area contributed by atoms with Gasteiger partial charge < -0.3 is 5.11 Å². The number of carbonyl (C=O) groups is 1. The van der Waals surface area contributed by atoms with E-state index in [2.05, 4.69) is 5.10 Å². The van der Waals surface area contributed by atoms with Crippen LogP contribution in [0, 0.1) is 0 Å². The quantitative estimate of drug-likeness (QED) is 0.789. The molecule has 4 heteroatoms. The van der Waals surface area contributed by atoms with E-state index < -0.39 is 5.97 Å². The third kappa shape index (κ3) is 1.52. The molecule has 0 bridgehead atoms. The number of aliphatic carboxylic acids is 1. The summed E-state index contributed by atoms with van der Waals surface area (Å²) in [6.07, 6.45) is 5.38. The fraction of sp³-hybridized carbons (Fsp3) is 0.600. The van der Waals surface area contributed by atoms with Gasteiger partial charge in [0.1, 0.15) is 0 Å². The Morgan fingerprint density at radius 1 is 1.71 bits per heavy atom. The number of aromatic nitrogens is 2. The van der Waals surface area contributed by atoms with Crippen LogP contribution in [0.25, 0.3) is 0 Å². The van der Waals surface area contributed by atoms with E-state index in [9.17, 15) is 4.79 Å². The lowest BCUT2D eigenvalue weighted by atomic mass is 9.81. The van der Waals surface area contributed by atoms with Gasteiger partial charge in [-0.15, -0.1) is 0 Å². The molecule has 0 aromatic carbocycles. The smallest absolute Gasteiger partial charge is 0.307 e. The summed E-state index contributed by atoms with van der Waals surface area (Å²) in [7, 11) is 1.89. The lowest BCUT2D eigenvalue weighted by molar-refractivity contribution is -0.136. The zero-order valence-corrected chi connectivity index (χ0v) is 8.23. The van der Waals surface area contributed by atoms with E-state index in [4.69, 9.17) is 5.11 Å². The summed E-state index contributed by atoms with van der Waals surface area (Å²) in [5.41, 5.74) is 2.00. The predicted molar refractivity (Wildman–Crippen MR) is 51.1 cm³/mol. The van der Waals surface area contributed by atoms with E-state index >= 15 is 0 Å². The Morgan fingerprint density at radius 2 is 2.43 bits per heavy atom. The summed E-state index contributed by atoms with van der Waals surface area (Å²) < 4.78 is 1.82. The molecular formula is C10H14N2O2. The first kappa shape index (κ1) is 9.24. The summed E-state index contributed by atoms with van der Waals surface area (Å²) >= 11 is 0. The molecule has 1 aromatic heterocycles. The summed E-state index contributed by atoms with van der Waals surface area (Å²) in [4.78, 5) is 10.6. The second kappa shape index (κ2) is 3.44. The fourth-order valence-electron chi connectivity index (χ4n) is 2.00. The van der Waals surface area contributed by atoms with Crippen molar-refractivity contribution in [2.75, 3.05) is 0 Å². The Bertz CT molecular complexity index is 353. The number of hydrogen-bond donors (Lipinski definition) is 1. The van der Waals surface area contributed by atoms with Crippen LogP contribution in [-0.2, 0) is 18.3 Å². The second-order valence-corrected chi connectivity index (χ2v) is 3.88. The summed E-state index contributed by atoms with van der Waals surface area (Å²) in [5, 5.41) is 12.9. The fourth-order valence-corrected chi connectivity index (χ4v) is 2.00. The number of carboxylic acids is 1. The number of aryl methyl sites for hydroxylation is 1. The Morgan fingerprint density at radius 3 is 2.93 bits per heavy atom. The summed E-state index contributed by atoms with van der Waals surface area (Å²) in [6, 6.07) is 0. The van der Waals surface area contributed by atoms with Gasteiger partial charge >= 0.3 is 5.97 Å². The van der Waals surface area contributed by atoms with Crippen LogP contribution >= 0.6 is 0 Å². The van der Waals surface area contributed by atoms with Crippen molar-refractivity contribution in [3.8, 4) is 0 Å². The molecule has 0 radical (unpaired) electrons. The van der Waals surface area contributed by atoms with Crippen molar-refractivity contribution in [1.29, 1.82) is 0 Å². The van der Waals surface area contributed by atoms with E-state index in [1.807, 2.05) is 11.7 Å². The van der Waals surface area contributed by atoms with Crippen molar-refractivity contribution in [3.63, 3.8) is 0 Å². The highest BCUT2D eigenvalue weighted by Gasteiger charge is 2.25. The van der Waals surface area contributed by atoms with E-state index in [-0.39, 0.29) is 6.42 Å². The van der Waals surface area contributed by atoms with Gasteiger partial charge in [-0.3, -0.25) is 9.48 Å². The van der Waals surface area contributed by atoms with E-state index in [1.165, 1.54) is 19.3 Å². The molecule has 0 saturated heterocycles. The Balaban J connectivity index is 2.25. The minimum absolute atomic E-state index is 0.0969. The van der Waals surface area contributed by atoms with Crippen LogP contribution in [0.3, 0.4) is 0 Å². The van der Waals surface area contributed by atoms with Crippen LogP contribution in [0.15, 0.2) is 6.20 Å². The molecular weight excluding hydrogens is 180 g/mol. The van der Waals surface area contributed by atoms with E-state index in [0.717, 1.165) is 11.3 Å². The molecule has 0 unspecified atom stereocenters. The third-order valence-electron chi connectivity index (χ3n) is 2.90. The highest BCUT2D eigenvalue weighted by Crippen LogP contribution is 2.37. The predicted octanol–water partition coefficient (Wildman–Crippen LogP) is 1.31. The van der Waals surface area contributed by atoms with Gasteiger partial charge in [0.25, 0.3) is 0 Å². The van der Waals surface area contributed by atoms with Crippen LogP contribution in [0.4, 0.5) is 0 Å². The maximum atomic E-state index is 10.6. The maximum Gasteiger partial charge on any atom is 0.307 e. The van der Waals surface area contributed by atoms with Crippen molar-refractivity contribution in [2.24, 2.45) is 7.05 Å². The molecule has 4 nitrogen and oxygen atoms in total. The standard InChI is InChI=1S/C10H14N2O2/c1-12-10(7-3-2-4-7)8(6-11-12)5-9(13)14/h6-7H,2-5H2,1H3,(H,13,14). The van der Waals surface area contributed by atoms with Gasteiger partial charge in [-0.1, -0.05) is 6.42 Å². The normalized spacial score (nSPS) is 16.6. The molecule has 1 aromatic rings. The van der Waals surface area contributed by atoms with Crippen molar-refractivity contribution in [2.45, 2.75) is 31.6 Å². The lowest BCUT2D eigenvalue weighted by Gasteiger charge is -2.26. The number of nitrogens with zero attached hydrogens (tertiary/aromatic N) is 2. The summed E-state index contributed by atoms with van der Waals surface area (Å²) in [6.45, 7) is 0. The lowest BCUT2D eigenvalue weighted by Crippen LogP contribution is -2.16. The number of hydrogen-bond acceptors (Lipinski definition) is 2. The third-order valence-corrected chi connectivity index (χ3v) is 2.90. The van der Waals surface area contributed by atoms with Crippen molar-refractivity contribution in [3.05, 3.63) is 17.5 Å². The topological polar surface area (TPSA) is 55.1 Å². The Labute approximate surface area is 82.5 Å². The van der Waals surface area contributed by atoms with Crippen LogP contribution in [0.2, 0.25) is 0 Å². The maximum absolute atomic E-state index is 10.6. The van der Waals surface area contributed by atoms with Crippen molar-refractivity contribution in [1.82, 2.24) is 9.78 Å². The SMILES string of the molecule is Cn1ncc(CC(=O)O)c1C1CCC1. The molecule has 14 heavy (non-hydrogen) atoms. The first-order chi connectivity index (χ1) is 6.68. The molecule has 76 valence electrons. The first-order valence-electron chi connectivity index (χ1n) is 4.91. The average Bonchev–Trinajstić information content (AvgIpc) is 2.32. The number of rotatable bonds is 3. The van der Waals surface area contributed by atoms with Gasteiger partial charge in [0.05, 0.1) is 12.6 Å². The molecule has 0 aliphatic heterocycles. The number of carboxylic acid groups (broad SMARTS) is 1. The molecule has 0 amide bonds. The van der Waals surface area contributed by atoms with Crippen molar-refractivity contribution >= 4 is 5.97 Å². The zero-order valence-electron chi connectivity index (χ0n) is 8.23. The molecule has 1 aliphatic carbocycles. The van der Waals surface area contributed by atoms with Gasteiger partial charge in [-0.05, 0) is 12.8 Å². The van der Waals surface area contributed by atoms with Gasteiger partial charge in [0.15, 0.2) is 0 Å². The molecule has 1 N–H and O–H groups in total. The minimum atomic E-state index is -0.779. The average molecular weight is 194 g/mol. The van der Waals surface area contributed by atoms with Gasteiger partial charge in [-0.25, -0.2) is 0 Å². The van der Waals surface area contributed by atoms with Gasteiger partial charge in [-0.2, -0.15) is 5.10 Å². The molecule has 2 rings (SSSR count).